The highest BCUT2D eigenvalue weighted by molar-refractivity contribution is 5.83. The molecule has 116 valence electrons. The average Bonchev–Trinajstić information content (AvgIpc) is 2.92. The van der Waals surface area contributed by atoms with Gasteiger partial charge in [-0.05, 0) is 44.6 Å². The maximum absolute atomic E-state index is 12.6. The molecule has 0 bridgehead atoms. The van der Waals surface area contributed by atoms with E-state index in [1.807, 2.05) is 0 Å². The van der Waals surface area contributed by atoms with Gasteiger partial charge in [0.25, 0.3) is 0 Å². The highest BCUT2D eigenvalue weighted by Gasteiger charge is 2.42. The summed E-state index contributed by atoms with van der Waals surface area (Å²) < 4.78 is 5.29. The monoisotopic (exact) mass is 282 g/mol. The normalized spacial score (nSPS) is 34.1. The molecular weight excluding hydrogens is 252 g/mol. The van der Waals surface area contributed by atoms with Crippen molar-refractivity contribution in [2.24, 2.45) is 11.3 Å². The maximum atomic E-state index is 12.6. The van der Waals surface area contributed by atoms with Gasteiger partial charge in [0.1, 0.15) is 0 Å². The third-order valence-electron chi connectivity index (χ3n) is 5.02. The molecule has 1 saturated heterocycles. The Kier molecular flexibility index (Phi) is 5.85. The fourth-order valence-corrected chi connectivity index (χ4v) is 3.74. The second-order valence-corrected chi connectivity index (χ2v) is 6.62. The van der Waals surface area contributed by atoms with Crippen molar-refractivity contribution in [3.8, 4) is 0 Å². The zero-order valence-corrected chi connectivity index (χ0v) is 13.0. The van der Waals surface area contributed by atoms with Crippen molar-refractivity contribution in [2.75, 3.05) is 26.8 Å². The summed E-state index contributed by atoms with van der Waals surface area (Å²) in [5.41, 5.74) is -0.338. The number of hydrogen-bond acceptors (Lipinski definition) is 3. The van der Waals surface area contributed by atoms with Crippen LogP contribution in [0.5, 0.6) is 0 Å². The fourth-order valence-electron chi connectivity index (χ4n) is 3.74. The summed E-state index contributed by atoms with van der Waals surface area (Å²) in [5, 5.41) is 6.59. The Morgan fingerprint density at radius 1 is 1.35 bits per heavy atom. The van der Waals surface area contributed by atoms with E-state index in [1.54, 1.807) is 7.11 Å². The van der Waals surface area contributed by atoms with Crippen LogP contribution in [0.25, 0.3) is 0 Å². The molecule has 1 aliphatic carbocycles. The lowest BCUT2D eigenvalue weighted by atomic mass is 9.82. The minimum Gasteiger partial charge on any atom is -0.384 e. The van der Waals surface area contributed by atoms with Gasteiger partial charge in [-0.15, -0.1) is 0 Å². The summed E-state index contributed by atoms with van der Waals surface area (Å²) in [5.74, 6) is 1.08. The van der Waals surface area contributed by atoms with Crippen molar-refractivity contribution < 1.29 is 9.53 Å². The van der Waals surface area contributed by atoms with Crippen LogP contribution in [-0.4, -0.2) is 38.8 Å². The van der Waals surface area contributed by atoms with Crippen LogP contribution in [0.1, 0.15) is 51.9 Å². The second-order valence-electron chi connectivity index (χ2n) is 6.62. The van der Waals surface area contributed by atoms with Gasteiger partial charge in [-0.3, -0.25) is 4.79 Å². The second kappa shape index (κ2) is 7.41. The minimum absolute atomic E-state index is 0.197. The Morgan fingerprint density at radius 2 is 2.10 bits per heavy atom. The van der Waals surface area contributed by atoms with Crippen LogP contribution in [-0.2, 0) is 9.53 Å². The molecule has 2 rings (SSSR count). The summed E-state index contributed by atoms with van der Waals surface area (Å²) in [6.45, 7) is 4.45. The van der Waals surface area contributed by atoms with Gasteiger partial charge >= 0.3 is 0 Å². The lowest BCUT2D eigenvalue weighted by Gasteiger charge is -2.33. The molecule has 2 aliphatic rings. The molecule has 1 aliphatic heterocycles. The van der Waals surface area contributed by atoms with Gasteiger partial charge < -0.3 is 15.4 Å². The molecule has 2 fully saturated rings. The predicted molar refractivity (Wildman–Crippen MR) is 80.6 cm³/mol. The molecule has 1 heterocycles. The smallest absolute Gasteiger partial charge is 0.230 e. The molecule has 1 unspecified atom stereocenters. The molecule has 2 N–H and O–H groups in total. The third kappa shape index (κ3) is 3.73. The number of carbonyl (C=O) groups is 1. The Labute approximate surface area is 123 Å². The number of ether oxygens (including phenoxy) is 1. The zero-order valence-electron chi connectivity index (χ0n) is 13.0. The first-order valence-corrected chi connectivity index (χ1v) is 8.21. The first kappa shape index (κ1) is 15.8. The minimum atomic E-state index is -0.338. The van der Waals surface area contributed by atoms with Crippen molar-refractivity contribution in [2.45, 2.75) is 57.9 Å². The van der Waals surface area contributed by atoms with Gasteiger partial charge in [0.15, 0.2) is 0 Å². The molecule has 0 aromatic carbocycles. The van der Waals surface area contributed by atoms with Crippen LogP contribution in [0.3, 0.4) is 0 Å². The van der Waals surface area contributed by atoms with E-state index in [4.69, 9.17) is 4.74 Å². The Hall–Kier alpha value is -0.610. The van der Waals surface area contributed by atoms with Crippen LogP contribution in [0, 0.1) is 11.3 Å². The van der Waals surface area contributed by atoms with E-state index in [9.17, 15) is 4.79 Å². The highest BCUT2D eigenvalue weighted by Crippen LogP contribution is 2.30. The number of methoxy groups -OCH3 is 1. The van der Waals surface area contributed by atoms with Gasteiger partial charge in [-0.2, -0.15) is 0 Å². The van der Waals surface area contributed by atoms with Crippen molar-refractivity contribution in [3.63, 3.8) is 0 Å². The molecule has 1 saturated carbocycles. The summed E-state index contributed by atoms with van der Waals surface area (Å²) in [6.07, 6.45) is 8.35. The number of hydrogen-bond donors (Lipinski definition) is 2. The zero-order chi connectivity index (χ0) is 14.4. The van der Waals surface area contributed by atoms with Gasteiger partial charge in [-0.25, -0.2) is 0 Å². The van der Waals surface area contributed by atoms with Crippen LogP contribution in [0.15, 0.2) is 0 Å². The molecule has 1 amide bonds. The van der Waals surface area contributed by atoms with E-state index < -0.39 is 0 Å². The van der Waals surface area contributed by atoms with Crippen LogP contribution in [0.2, 0.25) is 0 Å². The Bertz CT molecular complexity index is 306. The van der Waals surface area contributed by atoms with E-state index in [-0.39, 0.29) is 11.3 Å². The number of nitrogens with one attached hydrogen (secondary N) is 2. The van der Waals surface area contributed by atoms with Crippen molar-refractivity contribution >= 4 is 5.91 Å². The fraction of sp³-hybridized carbons (Fsp3) is 0.938. The van der Waals surface area contributed by atoms with Crippen LogP contribution < -0.4 is 10.6 Å². The molecule has 1 atom stereocenters. The standard InChI is InChI=1S/C16H30N2O2/c1-3-4-13-5-7-14(8-6-13)18-15(19)16(12-20-2)9-10-17-11-16/h13-14,17H,3-12H2,1-2H3,(H,18,19). The van der Waals surface area contributed by atoms with E-state index in [1.165, 1.54) is 25.7 Å². The molecule has 0 aromatic heterocycles. The van der Waals surface area contributed by atoms with Crippen molar-refractivity contribution in [3.05, 3.63) is 0 Å². The largest absolute Gasteiger partial charge is 0.384 e. The predicted octanol–water partition coefficient (Wildman–Crippen LogP) is 2.09. The number of amides is 1. The Morgan fingerprint density at radius 3 is 2.65 bits per heavy atom. The van der Waals surface area contributed by atoms with Crippen molar-refractivity contribution in [1.82, 2.24) is 10.6 Å². The summed E-state index contributed by atoms with van der Waals surface area (Å²) in [7, 11) is 1.68. The molecule has 4 heteroatoms. The van der Waals surface area contributed by atoms with E-state index in [0.717, 1.165) is 38.3 Å². The summed E-state index contributed by atoms with van der Waals surface area (Å²) in [4.78, 5) is 12.6. The number of carbonyl (C=O) groups excluding carboxylic acids is 1. The Balaban J connectivity index is 1.82. The first-order chi connectivity index (χ1) is 9.70. The van der Waals surface area contributed by atoms with E-state index in [2.05, 4.69) is 17.6 Å². The molecule has 20 heavy (non-hydrogen) atoms. The van der Waals surface area contributed by atoms with Gasteiger partial charge in [-0.1, -0.05) is 19.8 Å². The van der Waals surface area contributed by atoms with Crippen LogP contribution in [0.4, 0.5) is 0 Å². The van der Waals surface area contributed by atoms with Crippen LogP contribution >= 0.6 is 0 Å². The summed E-state index contributed by atoms with van der Waals surface area (Å²) >= 11 is 0. The molecule has 0 aromatic rings. The van der Waals surface area contributed by atoms with E-state index >= 15 is 0 Å². The summed E-state index contributed by atoms with van der Waals surface area (Å²) in [6, 6.07) is 0.380. The molecule has 0 radical (unpaired) electrons. The highest BCUT2D eigenvalue weighted by atomic mass is 16.5. The van der Waals surface area contributed by atoms with Gasteiger partial charge in [0, 0.05) is 19.7 Å². The first-order valence-electron chi connectivity index (χ1n) is 8.21. The van der Waals surface area contributed by atoms with Crippen molar-refractivity contribution in [1.29, 1.82) is 0 Å². The SMILES string of the molecule is CCCC1CCC(NC(=O)C2(COC)CCNC2)CC1. The molecular formula is C16H30N2O2. The van der Waals surface area contributed by atoms with Gasteiger partial charge in [0.05, 0.1) is 12.0 Å². The number of rotatable bonds is 6. The average molecular weight is 282 g/mol. The maximum Gasteiger partial charge on any atom is 0.230 e. The third-order valence-corrected chi connectivity index (χ3v) is 5.02. The molecule has 4 nitrogen and oxygen atoms in total. The lowest BCUT2D eigenvalue weighted by molar-refractivity contribution is -0.134. The topological polar surface area (TPSA) is 50.4 Å². The quantitative estimate of drug-likeness (QED) is 0.784. The van der Waals surface area contributed by atoms with E-state index in [0.29, 0.717) is 12.6 Å². The van der Waals surface area contributed by atoms with Gasteiger partial charge in [0.2, 0.25) is 5.91 Å². The lowest BCUT2D eigenvalue weighted by Crippen LogP contribution is -2.49. The molecule has 0 spiro atoms.